The third-order valence-electron chi connectivity index (χ3n) is 6.20. The third kappa shape index (κ3) is 2.49. The number of fused-ring (bicyclic) bond motifs is 1. The van der Waals surface area contributed by atoms with Gasteiger partial charge in [0.2, 0.25) is 17.7 Å². The molecule has 1 saturated carbocycles. The number of hydrogen-bond acceptors (Lipinski definition) is 3. The second-order valence-corrected chi connectivity index (χ2v) is 7.87. The maximum Gasteiger partial charge on any atom is 0.247 e. The van der Waals surface area contributed by atoms with Crippen molar-refractivity contribution in [3.05, 3.63) is 41.5 Å². The zero-order chi connectivity index (χ0) is 18.6. The molecule has 3 aliphatic carbocycles. The number of aryl methyl sites for hydroxylation is 2. The summed E-state index contributed by atoms with van der Waals surface area (Å²) in [6.07, 6.45) is 6.09. The molecule has 1 N–H and O–H groups in total. The number of carbonyl (C=O) groups excluding carboxylic acids is 3. The van der Waals surface area contributed by atoms with Gasteiger partial charge in [-0.15, -0.1) is 0 Å². The largest absolute Gasteiger partial charge is 0.324 e. The molecular weight excluding hydrogens is 328 g/mol. The Morgan fingerprint density at radius 1 is 1.08 bits per heavy atom. The Hall–Kier alpha value is -2.43. The molecule has 0 spiro atoms. The number of amides is 3. The minimum absolute atomic E-state index is 0.140. The summed E-state index contributed by atoms with van der Waals surface area (Å²) in [5.41, 5.74) is 2.79. The highest BCUT2D eigenvalue weighted by molar-refractivity contribution is 6.10. The summed E-state index contributed by atoms with van der Waals surface area (Å²) in [5, 5.41) is 2.87. The Bertz CT molecular complexity index is 797. The van der Waals surface area contributed by atoms with Crippen molar-refractivity contribution in [2.45, 2.75) is 39.7 Å². The molecule has 5 heteroatoms. The van der Waals surface area contributed by atoms with Crippen molar-refractivity contribution >= 4 is 23.4 Å². The lowest BCUT2D eigenvalue weighted by molar-refractivity contribution is -0.146. The Morgan fingerprint density at radius 3 is 2.15 bits per heavy atom. The van der Waals surface area contributed by atoms with Gasteiger partial charge >= 0.3 is 0 Å². The van der Waals surface area contributed by atoms with Gasteiger partial charge in [0, 0.05) is 5.69 Å². The fraction of sp³-hybridized carbons (Fsp3) is 0.476. The van der Waals surface area contributed by atoms with Crippen LogP contribution in [0.4, 0.5) is 5.69 Å². The first-order chi connectivity index (χ1) is 12.4. The van der Waals surface area contributed by atoms with Crippen LogP contribution in [-0.4, -0.2) is 28.7 Å². The molecule has 136 valence electrons. The van der Waals surface area contributed by atoms with Gasteiger partial charge in [-0.2, -0.15) is 0 Å². The van der Waals surface area contributed by atoms with Crippen molar-refractivity contribution in [3.63, 3.8) is 0 Å². The number of likely N-dealkylation sites (tertiary alicyclic amines) is 1. The van der Waals surface area contributed by atoms with Crippen molar-refractivity contribution in [2.24, 2.45) is 23.7 Å². The first-order valence-electron chi connectivity index (χ1n) is 9.32. The van der Waals surface area contributed by atoms with E-state index in [1.165, 1.54) is 4.90 Å². The number of carbonyl (C=O) groups is 3. The fourth-order valence-electron chi connectivity index (χ4n) is 4.79. The van der Waals surface area contributed by atoms with Crippen molar-refractivity contribution in [1.82, 2.24) is 4.90 Å². The van der Waals surface area contributed by atoms with Crippen LogP contribution in [0.3, 0.4) is 0 Å². The summed E-state index contributed by atoms with van der Waals surface area (Å²) in [6, 6.07) is 4.97. The number of benzene rings is 1. The van der Waals surface area contributed by atoms with Gasteiger partial charge in [0.1, 0.15) is 6.04 Å². The molecule has 5 nitrogen and oxygen atoms in total. The second kappa shape index (κ2) is 6.08. The molecule has 1 aliphatic heterocycles. The Balaban J connectivity index is 1.54. The topological polar surface area (TPSA) is 66.5 Å². The zero-order valence-electron chi connectivity index (χ0n) is 15.4. The molecule has 5 rings (SSSR count). The molecule has 1 aromatic rings. The van der Waals surface area contributed by atoms with Crippen molar-refractivity contribution < 1.29 is 14.4 Å². The van der Waals surface area contributed by atoms with Crippen LogP contribution in [0.2, 0.25) is 0 Å². The lowest BCUT2D eigenvalue weighted by atomic mass is 9.63. The van der Waals surface area contributed by atoms with Gasteiger partial charge in [-0.25, -0.2) is 0 Å². The summed E-state index contributed by atoms with van der Waals surface area (Å²) in [7, 11) is 0. The SMILES string of the molecule is Cc1ccc(NC(=O)[C@H](C)N2C(=O)[C@@H]3[C@H](C2=O)[C@H]2C=C[C@H]3CC2)c(C)c1. The van der Waals surface area contributed by atoms with Crippen LogP contribution in [-0.2, 0) is 14.4 Å². The minimum atomic E-state index is -0.805. The first-order valence-corrected chi connectivity index (χ1v) is 9.32. The van der Waals surface area contributed by atoms with E-state index in [1.54, 1.807) is 6.92 Å². The van der Waals surface area contributed by atoms with Crippen LogP contribution < -0.4 is 5.32 Å². The highest BCUT2D eigenvalue weighted by Gasteiger charge is 2.58. The minimum Gasteiger partial charge on any atom is -0.324 e. The summed E-state index contributed by atoms with van der Waals surface area (Å²) < 4.78 is 0. The maximum atomic E-state index is 12.9. The lowest BCUT2D eigenvalue weighted by Gasteiger charge is -2.38. The van der Waals surface area contributed by atoms with Gasteiger partial charge in [0.05, 0.1) is 11.8 Å². The molecule has 0 aromatic heterocycles. The number of rotatable bonds is 3. The number of nitrogens with one attached hydrogen (secondary N) is 1. The van der Waals surface area contributed by atoms with Gasteiger partial charge in [-0.3, -0.25) is 19.3 Å². The van der Waals surface area contributed by atoms with E-state index in [-0.39, 0.29) is 41.4 Å². The summed E-state index contributed by atoms with van der Waals surface area (Å²) in [6.45, 7) is 5.56. The molecular formula is C21H24N2O3. The molecule has 2 fully saturated rings. The number of anilines is 1. The van der Waals surface area contributed by atoms with E-state index < -0.39 is 6.04 Å². The average Bonchev–Trinajstić information content (AvgIpc) is 2.91. The number of nitrogens with zero attached hydrogens (tertiary/aromatic N) is 1. The second-order valence-electron chi connectivity index (χ2n) is 7.87. The summed E-state index contributed by atoms with van der Waals surface area (Å²) in [4.78, 5) is 39.8. The normalized spacial score (nSPS) is 30.5. The van der Waals surface area contributed by atoms with E-state index in [1.807, 2.05) is 32.0 Å². The smallest absolute Gasteiger partial charge is 0.247 e. The number of allylic oxidation sites excluding steroid dienone is 2. The maximum absolute atomic E-state index is 12.9. The van der Waals surface area contributed by atoms with Crippen molar-refractivity contribution in [3.8, 4) is 0 Å². The predicted molar refractivity (Wildman–Crippen MR) is 98.2 cm³/mol. The van der Waals surface area contributed by atoms with E-state index in [0.29, 0.717) is 5.69 Å². The zero-order valence-corrected chi connectivity index (χ0v) is 15.4. The molecule has 1 heterocycles. The fourth-order valence-corrected chi connectivity index (χ4v) is 4.79. The summed E-state index contributed by atoms with van der Waals surface area (Å²) >= 11 is 0. The standard InChI is InChI=1S/C21H24N2O3/c1-11-4-9-16(12(2)10-11)22-19(24)13(3)23-20(25)17-14-5-6-15(8-7-14)18(17)21(23)26/h4-6,9-10,13-15,17-18H,7-8H2,1-3H3,(H,22,24)/t13-,14-,15-,17-,18+/m0/s1. The van der Waals surface area contributed by atoms with E-state index in [2.05, 4.69) is 17.5 Å². The quantitative estimate of drug-likeness (QED) is 0.672. The Kier molecular flexibility index (Phi) is 3.98. The van der Waals surface area contributed by atoms with E-state index in [9.17, 15) is 14.4 Å². The molecule has 0 radical (unpaired) electrons. The van der Waals surface area contributed by atoms with Gasteiger partial charge in [-0.1, -0.05) is 29.8 Å². The molecule has 0 unspecified atom stereocenters. The molecule has 4 aliphatic rings. The molecule has 1 aromatic carbocycles. The van der Waals surface area contributed by atoms with Gasteiger partial charge in [-0.05, 0) is 57.1 Å². The first kappa shape index (κ1) is 17.0. The van der Waals surface area contributed by atoms with Gasteiger partial charge in [0.25, 0.3) is 0 Å². The van der Waals surface area contributed by atoms with Gasteiger partial charge in [0.15, 0.2) is 0 Å². The third-order valence-corrected chi connectivity index (χ3v) is 6.20. The number of imide groups is 1. The van der Waals surface area contributed by atoms with E-state index in [0.717, 1.165) is 24.0 Å². The van der Waals surface area contributed by atoms with Crippen molar-refractivity contribution in [1.29, 1.82) is 0 Å². The monoisotopic (exact) mass is 352 g/mol. The molecule has 26 heavy (non-hydrogen) atoms. The number of hydrogen-bond donors (Lipinski definition) is 1. The van der Waals surface area contributed by atoms with Crippen LogP contribution in [0.5, 0.6) is 0 Å². The molecule has 5 atom stereocenters. The average molecular weight is 352 g/mol. The lowest BCUT2D eigenvalue weighted by Crippen LogP contribution is -2.46. The molecule has 2 bridgehead atoms. The Labute approximate surface area is 153 Å². The van der Waals surface area contributed by atoms with Gasteiger partial charge < -0.3 is 5.32 Å². The van der Waals surface area contributed by atoms with Crippen LogP contribution >= 0.6 is 0 Å². The molecule has 1 saturated heterocycles. The van der Waals surface area contributed by atoms with Crippen LogP contribution in [0, 0.1) is 37.5 Å². The van der Waals surface area contributed by atoms with Crippen molar-refractivity contribution in [2.75, 3.05) is 5.32 Å². The van der Waals surface area contributed by atoms with E-state index in [4.69, 9.17) is 0 Å². The Morgan fingerprint density at radius 2 is 1.65 bits per heavy atom. The van der Waals surface area contributed by atoms with Crippen LogP contribution in [0.15, 0.2) is 30.4 Å². The summed E-state index contributed by atoms with van der Waals surface area (Å²) in [5.74, 6) is -0.949. The predicted octanol–water partition coefficient (Wildman–Crippen LogP) is 2.83. The molecule has 3 amide bonds. The highest BCUT2D eigenvalue weighted by Crippen LogP contribution is 2.49. The van der Waals surface area contributed by atoms with Crippen LogP contribution in [0.1, 0.15) is 30.9 Å². The highest BCUT2D eigenvalue weighted by atomic mass is 16.2. The van der Waals surface area contributed by atoms with Crippen LogP contribution in [0.25, 0.3) is 0 Å². The van der Waals surface area contributed by atoms with E-state index >= 15 is 0 Å².